The van der Waals surface area contributed by atoms with Gasteiger partial charge in [-0.05, 0) is 51.8 Å². The number of hydrogen-bond donors (Lipinski definition) is 2. The van der Waals surface area contributed by atoms with Crippen LogP contribution in [0.5, 0.6) is 5.75 Å². The zero-order valence-corrected chi connectivity index (χ0v) is 11.9. The molecule has 0 unspecified atom stereocenters. The molecule has 2 aromatic carbocycles. The monoisotopic (exact) mass is 347 g/mol. The molecule has 0 aliphatic rings. The van der Waals surface area contributed by atoms with E-state index in [9.17, 15) is 8.78 Å². The summed E-state index contributed by atoms with van der Waals surface area (Å²) in [6.07, 6.45) is 0. The molecule has 100 valence electrons. The number of phenolic OH excluding ortho intramolecular Hbond substituents is 1. The zero-order valence-electron chi connectivity index (χ0n) is 9.55. The molecule has 0 aromatic heterocycles. The average Bonchev–Trinajstić information content (AvgIpc) is 2.37. The molecule has 0 heterocycles. The number of rotatable bonds is 3. The van der Waals surface area contributed by atoms with E-state index in [4.69, 9.17) is 16.7 Å². The van der Waals surface area contributed by atoms with Gasteiger partial charge in [0.25, 0.3) is 0 Å². The highest BCUT2D eigenvalue weighted by Gasteiger charge is 2.09. The number of hydrogen-bond acceptors (Lipinski definition) is 2. The van der Waals surface area contributed by atoms with Gasteiger partial charge in [0.2, 0.25) is 0 Å². The second-order valence-corrected chi connectivity index (χ2v) is 5.18. The van der Waals surface area contributed by atoms with Crippen molar-refractivity contribution in [1.82, 2.24) is 0 Å². The van der Waals surface area contributed by atoms with Crippen molar-refractivity contribution in [2.75, 3.05) is 5.32 Å². The fraction of sp³-hybridized carbons (Fsp3) is 0.0769. The molecule has 0 fully saturated rings. The molecule has 6 heteroatoms. The van der Waals surface area contributed by atoms with Crippen molar-refractivity contribution >= 4 is 33.2 Å². The van der Waals surface area contributed by atoms with Gasteiger partial charge in [-0.1, -0.05) is 11.6 Å². The summed E-state index contributed by atoms with van der Waals surface area (Å²) in [5, 5.41) is 12.5. The summed E-state index contributed by atoms with van der Waals surface area (Å²) in [7, 11) is 0. The minimum absolute atomic E-state index is 0.201. The molecule has 0 amide bonds. The van der Waals surface area contributed by atoms with E-state index in [1.807, 2.05) is 0 Å². The van der Waals surface area contributed by atoms with E-state index in [0.29, 0.717) is 16.3 Å². The Kier molecular flexibility index (Phi) is 4.27. The molecule has 0 spiro atoms. The van der Waals surface area contributed by atoms with Gasteiger partial charge < -0.3 is 10.4 Å². The van der Waals surface area contributed by atoms with Crippen molar-refractivity contribution in [1.29, 1.82) is 0 Å². The largest absolute Gasteiger partial charge is 0.503 e. The normalized spacial score (nSPS) is 10.5. The Balaban J connectivity index is 2.17. The molecular weight excluding hydrogens is 340 g/mol. The second-order valence-electron chi connectivity index (χ2n) is 3.89. The van der Waals surface area contributed by atoms with E-state index in [1.165, 1.54) is 0 Å². The van der Waals surface area contributed by atoms with Crippen molar-refractivity contribution in [2.24, 2.45) is 0 Å². The Morgan fingerprint density at radius 1 is 1.16 bits per heavy atom. The summed E-state index contributed by atoms with van der Waals surface area (Å²) in [5.74, 6) is -2.93. The highest BCUT2D eigenvalue weighted by atomic mass is 79.9. The van der Waals surface area contributed by atoms with Gasteiger partial charge in [-0.3, -0.25) is 0 Å². The third-order valence-electron chi connectivity index (χ3n) is 2.49. The fourth-order valence-corrected chi connectivity index (χ4v) is 2.11. The number of benzene rings is 2. The van der Waals surface area contributed by atoms with E-state index < -0.39 is 17.4 Å². The fourth-order valence-electron chi connectivity index (χ4n) is 1.55. The van der Waals surface area contributed by atoms with E-state index in [0.717, 1.165) is 16.6 Å². The third kappa shape index (κ3) is 3.36. The van der Waals surface area contributed by atoms with Crippen molar-refractivity contribution < 1.29 is 13.9 Å². The van der Waals surface area contributed by atoms with Gasteiger partial charge in [0.1, 0.15) is 0 Å². The standard InChI is InChI=1S/C13H9BrClF2NO/c14-9-2-1-8(15)5-12(9)18-6-7-3-10(16)13(19)11(17)4-7/h1-5,18-19H,6H2. The Hall–Kier alpha value is -1.33. The van der Waals surface area contributed by atoms with Crippen LogP contribution in [0.1, 0.15) is 5.56 Å². The number of aromatic hydroxyl groups is 1. The summed E-state index contributed by atoms with van der Waals surface area (Å²) in [4.78, 5) is 0. The summed E-state index contributed by atoms with van der Waals surface area (Å²) in [5.41, 5.74) is 1.08. The SMILES string of the molecule is Oc1c(F)cc(CNc2cc(Cl)ccc2Br)cc1F. The quantitative estimate of drug-likeness (QED) is 0.843. The van der Waals surface area contributed by atoms with Crippen LogP contribution in [0, 0.1) is 11.6 Å². The predicted molar refractivity (Wildman–Crippen MR) is 74.5 cm³/mol. The average molecular weight is 349 g/mol. The van der Waals surface area contributed by atoms with Crippen LogP contribution in [-0.4, -0.2) is 5.11 Å². The zero-order chi connectivity index (χ0) is 14.0. The van der Waals surface area contributed by atoms with E-state index >= 15 is 0 Å². The first kappa shape index (κ1) is 14.1. The van der Waals surface area contributed by atoms with Crippen LogP contribution in [0.15, 0.2) is 34.8 Å². The molecular formula is C13H9BrClF2NO. The molecule has 2 aromatic rings. The number of halogens is 4. The summed E-state index contributed by atoms with van der Waals surface area (Å²) in [6.45, 7) is 0.201. The van der Waals surface area contributed by atoms with Gasteiger partial charge in [-0.25, -0.2) is 8.78 Å². The van der Waals surface area contributed by atoms with Gasteiger partial charge in [0.05, 0.1) is 5.69 Å². The van der Waals surface area contributed by atoms with E-state index in [2.05, 4.69) is 21.2 Å². The molecule has 0 atom stereocenters. The Labute approximate surface area is 122 Å². The molecule has 2 nitrogen and oxygen atoms in total. The van der Waals surface area contributed by atoms with Gasteiger partial charge in [-0.2, -0.15) is 0 Å². The van der Waals surface area contributed by atoms with Crippen molar-refractivity contribution in [3.05, 3.63) is 57.0 Å². The lowest BCUT2D eigenvalue weighted by atomic mass is 10.2. The molecule has 0 saturated heterocycles. The summed E-state index contributed by atoms with van der Waals surface area (Å²) >= 11 is 9.19. The van der Waals surface area contributed by atoms with Gasteiger partial charge >= 0.3 is 0 Å². The minimum Gasteiger partial charge on any atom is -0.503 e. The highest BCUT2D eigenvalue weighted by molar-refractivity contribution is 9.10. The lowest BCUT2D eigenvalue weighted by Gasteiger charge is -2.10. The van der Waals surface area contributed by atoms with Crippen LogP contribution in [0.25, 0.3) is 0 Å². The Bertz CT molecular complexity index is 599. The van der Waals surface area contributed by atoms with Crippen LogP contribution < -0.4 is 5.32 Å². The van der Waals surface area contributed by atoms with Gasteiger partial charge in [0, 0.05) is 16.0 Å². The molecule has 0 bridgehead atoms. The third-order valence-corrected chi connectivity index (χ3v) is 3.41. The molecule has 2 N–H and O–H groups in total. The van der Waals surface area contributed by atoms with Crippen LogP contribution in [0.2, 0.25) is 5.02 Å². The number of nitrogens with one attached hydrogen (secondary N) is 1. The first-order valence-electron chi connectivity index (χ1n) is 5.33. The lowest BCUT2D eigenvalue weighted by Crippen LogP contribution is -2.01. The first-order chi connectivity index (χ1) is 8.97. The van der Waals surface area contributed by atoms with Gasteiger partial charge in [0.15, 0.2) is 17.4 Å². The van der Waals surface area contributed by atoms with E-state index in [1.54, 1.807) is 18.2 Å². The van der Waals surface area contributed by atoms with Crippen molar-refractivity contribution in [3.8, 4) is 5.75 Å². The summed E-state index contributed by atoms with van der Waals surface area (Å²) in [6, 6.07) is 7.33. The maximum Gasteiger partial charge on any atom is 0.187 e. The maximum absolute atomic E-state index is 13.2. The summed E-state index contributed by atoms with van der Waals surface area (Å²) < 4.78 is 27.1. The second kappa shape index (κ2) is 5.75. The van der Waals surface area contributed by atoms with Crippen molar-refractivity contribution in [3.63, 3.8) is 0 Å². The van der Waals surface area contributed by atoms with Gasteiger partial charge in [-0.15, -0.1) is 0 Å². The maximum atomic E-state index is 13.2. The predicted octanol–water partition coefficient (Wildman–Crippen LogP) is 4.70. The van der Waals surface area contributed by atoms with Crippen LogP contribution in [0.4, 0.5) is 14.5 Å². The number of anilines is 1. The molecule has 0 aliphatic carbocycles. The molecule has 0 saturated carbocycles. The number of phenols is 1. The molecule has 19 heavy (non-hydrogen) atoms. The van der Waals surface area contributed by atoms with Crippen LogP contribution in [-0.2, 0) is 6.54 Å². The first-order valence-corrected chi connectivity index (χ1v) is 6.50. The lowest BCUT2D eigenvalue weighted by molar-refractivity contribution is 0.395. The van der Waals surface area contributed by atoms with Crippen LogP contribution >= 0.6 is 27.5 Å². The Morgan fingerprint density at radius 3 is 2.42 bits per heavy atom. The Morgan fingerprint density at radius 2 is 1.79 bits per heavy atom. The smallest absolute Gasteiger partial charge is 0.187 e. The molecule has 0 aliphatic heterocycles. The highest BCUT2D eigenvalue weighted by Crippen LogP contribution is 2.27. The van der Waals surface area contributed by atoms with E-state index in [-0.39, 0.29) is 6.54 Å². The molecule has 2 rings (SSSR count). The van der Waals surface area contributed by atoms with Crippen LogP contribution in [0.3, 0.4) is 0 Å². The molecule has 0 radical (unpaired) electrons. The van der Waals surface area contributed by atoms with Crippen molar-refractivity contribution in [2.45, 2.75) is 6.54 Å². The minimum atomic E-state index is -0.984. The topological polar surface area (TPSA) is 32.3 Å².